The van der Waals surface area contributed by atoms with Crippen LogP contribution in [0.15, 0.2) is 48.8 Å². The van der Waals surface area contributed by atoms with Crippen molar-refractivity contribution < 1.29 is 14.3 Å². The highest BCUT2D eigenvalue weighted by Gasteiger charge is 2.46. The molecule has 2 aromatic rings. The van der Waals surface area contributed by atoms with E-state index >= 15 is 0 Å². The third-order valence-electron chi connectivity index (χ3n) is 5.11. The van der Waals surface area contributed by atoms with Gasteiger partial charge in [0.05, 0.1) is 5.41 Å². The highest BCUT2D eigenvalue weighted by Crippen LogP contribution is 2.37. The van der Waals surface area contributed by atoms with Crippen molar-refractivity contribution in [2.75, 3.05) is 6.54 Å². The largest absolute Gasteiger partial charge is 0.489 e. The number of primary amides is 1. The second kappa shape index (κ2) is 7.15. The summed E-state index contributed by atoms with van der Waals surface area (Å²) in [6, 6.07) is 10.8. The number of nitrogens with zero attached hydrogens (tertiary/aromatic N) is 2. The first kappa shape index (κ1) is 17.9. The van der Waals surface area contributed by atoms with E-state index in [0.717, 1.165) is 16.9 Å². The van der Waals surface area contributed by atoms with Crippen LogP contribution in [0, 0.1) is 0 Å². The third kappa shape index (κ3) is 3.40. The Bertz CT molecular complexity index is 792. The van der Waals surface area contributed by atoms with E-state index in [1.807, 2.05) is 43.3 Å². The van der Waals surface area contributed by atoms with E-state index in [1.54, 1.807) is 24.2 Å². The molecule has 136 valence electrons. The van der Waals surface area contributed by atoms with Gasteiger partial charge in [-0.2, -0.15) is 0 Å². The van der Waals surface area contributed by atoms with Crippen LogP contribution in [0.25, 0.3) is 0 Å². The first-order valence-corrected chi connectivity index (χ1v) is 8.64. The third-order valence-corrected chi connectivity index (χ3v) is 5.11. The summed E-state index contributed by atoms with van der Waals surface area (Å²) in [5.41, 5.74) is 6.66. The molecular formula is C20H23N3O3. The quantitative estimate of drug-likeness (QED) is 0.861. The molecule has 0 aliphatic carbocycles. The van der Waals surface area contributed by atoms with Crippen LogP contribution >= 0.6 is 0 Å². The molecule has 2 atom stereocenters. The number of ether oxygens (including phenoxy) is 1. The Hall–Kier alpha value is -2.89. The van der Waals surface area contributed by atoms with Gasteiger partial charge in [-0.05, 0) is 55.7 Å². The summed E-state index contributed by atoms with van der Waals surface area (Å²) in [7, 11) is 0. The molecule has 2 N–H and O–H groups in total. The highest BCUT2D eigenvalue weighted by molar-refractivity contribution is 5.94. The predicted octanol–water partition coefficient (Wildman–Crippen LogP) is 2.02. The molecule has 26 heavy (non-hydrogen) atoms. The zero-order valence-electron chi connectivity index (χ0n) is 15.0. The minimum absolute atomic E-state index is 0.0609. The van der Waals surface area contributed by atoms with Crippen LogP contribution in [-0.2, 0) is 21.6 Å². The van der Waals surface area contributed by atoms with Crippen LogP contribution in [0.5, 0.6) is 5.75 Å². The van der Waals surface area contributed by atoms with Gasteiger partial charge in [0, 0.05) is 18.9 Å². The zero-order chi connectivity index (χ0) is 18.7. The summed E-state index contributed by atoms with van der Waals surface area (Å²) >= 11 is 0. The topological polar surface area (TPSA) is 85.5 Å². The molecular weight excluding hydrogens is 330 g/mol. The second-order valence-electron chi connectivity index (χ2n) is 6.83. The van der Waals surface area contributed by atoms with E-state index in [4.69, 9.17) is 10.5 Å². The van der Waals surface area contributed by atoms with Crippen molar-refractivity contribution in [2.45, 2.75) is 38.3 Å². The molecule has 6 nitrogen and oxygen atoms in total. The molecule has 1 saturated heterocycles. The van der Waals surface area contributed by atoms with Crippen LogP contribution < -0.4 is 10.5 Å². The summed E-state index contributed by atoms with van der Waals surface area (Å²) < 4.78 is 5.78. The first-order chi connectivity index (χ1) is 12.4. The molecule has 1 aromatic heterocycles. The molecule has 2 heterocycles. The molecule has 1 aromatic carbocycles. The number of benzene rings is 1. The monoisotopic (exact) mass is 353 g/mol. The summed E-state index contributed by atoms with van der Waals surface area (Å²) in [4.78, 5) is 29.8. The summed E-state index contributed by atoms with van der Waals surface area (Å²) in [6.07, 6.45) is 4.11. The summed E-state index contributed by atoms with van der Waals surface area (Å²) in [6.45, 7) is 4.57. The number of carbonyl (C=O) groups is 2. The lowest BCUT2D eigenvalue weighted by Gasteiger charge is -2.26. The fourth-order valence-electron chi connectivity index (χ4n) is 3.23. The van der Waals surface area contributed by atoms with E-state index in [-0.39, 0.29) is 5.91 Å². The zero-order valence-corrected chi connectivity index (χ0v) is 15.0. The maximum atomic E-state index is 12.9. The Morgan fingerprint density at radius 3 is 2.54 bits per heavy atom. The lowest BCUT2D eigenvalue weighted by atomic mass is 9.81. The van der Waals surface area contributed by atoms with E-state index in [2.05, 4.69) is 4.98 Å². The molecule has 0 bridgehead atoms. The maximum Gasteiger partial charge on any atom is 0.239 e. The average Bonchev–Trinajstić information content (AvgIpc) is 2.96. The predicted molar refractivity (Wildman–Crippen MR) is 97.3 cm³/mol. The van der Waals surface area contributed by atoms with Crippen LogP contribution in [0.2, 0.25) is 0 Å². The van der Waals surface area contributed by atoms with Gasteiger partial charge in [-0.25, -0.2) is 0 Å². The molecule has 2 unspecified atom stereocenters. The molecule has 0 radical (unpaired) electrons. The molecule has 1 fully saturated rings. The Labute approximate surface area is 153 Å². The summed E-state index contributed by atoms with van der Waals surface area (Å²) in [5.74, 6) is 0.193. The van der Waals surface area contributed by atoms with Crippen LogP contribution in [0.1, 0.15) is 31.4 Å². The lowest BCUT2D eigenvalue weighted by molar-refractivity contribution is -0.138. The Kier molecular flexibility index (Phi) is 4.93. The second-order valence-corrected chi connectivity index (χ2v) is 6.83. The van der Waals surface area contributed by atoms with Gasteiger partial charge in [-0.15, -0.1) is 0 Å². The van der Waals surface area contributed by atoms with Gasteiger partial charge in [-0.1, -0.05) is 12.1 Å². The minimum Gasteiger partial charge on any atom is -0.489 e. The minimum atomic E-state index is -0.645. The van der Waals surface area contributed by atoms with Crippen LogP contribution in [0.3, 0.4) is 0 Å². The Morgan fingerprint density at radius 2 is 1.92 bits per heavy atom. The Balaban J connectivity index is 1.70. The number of nitrogens with two attached hydrogens (primary N) is 1. The van der Waals surface area contributed by atoms with Gasteiger partial charge < -0.3 is 15.4 Å². The molecule has 0 saturated carbocycles. The van der Waals surface area contributed by atoms with E-state index in [0.29, 0.717) is 19.6 Å². The van der Waals surface area contributed by atoms with Gasteiger partial charge in [0.1, 0.15) is 18.4 Å². The number of amides is 2. The number of hydrogen-bond acceptors (Lipinski definition) is 4. The van der Waals surface area contributed by atoms with Crippen molar-refractivity contribution in [3.05, 3.63) is 59.9 Å². The molecule has 0 spiro atoms. The molecule has 3 rings (SSSR count). The number of carbonyl (C=O) groups excluding carboxylic acids is 2. The number of likely N-dealkylation sites (tertiary alicyclic amines) is 1. The standard InChI is InChI=1S/C20H23N3O3/c1-14(18(21)24)23-12-9-20(2,19(23)25)16-3-5-17(6-4-16)26-13-15-7-10-22-11-8-15/h3-8,10-11,14H,9,12-13H2,1-2H3,(H2,21,24). The first-order valence-electron chi connectivity index (χ1n) is 8.64. The van der Waals surface area contributed by atoms with Gasteiger partial charge in [0.2, 0.25) is 11.8 Å². The molecule has 1 aliphatic heterocycles. The van der Waals surface area contributed by atoms with E-state index in [9.17, 15) is 9.59 Å². The van der Waals surface area contributed by atoms with Crippen molar-refractivity contribution in [1.29, 1.82) is 0 Å². The number of hydrogen-bond donors (Lipinski definition) is 1. The van der Waals surface area contributed by atoms with Crippen molar-refractivity contribution in [2.24, 2.45) is 5.73 Å². The lowest BCUT2D eigenvalue weighted by Crippen LogP contribution is -2.46. The normalized spacial score (nSPS) is 20.8. The van der Waals surface area contributed by atoms with Gasteiger partial charge >= 0.3 is 0 Å². The number of aromatic nitrogens is 1. The van der Waals surface area contributed by atoms with Crippen molar-refractivity contribution in [3.8, 4) is 5.75 Å². The van der Waals surface area contributed by atoms with Gasteiger partial charge in [0.25, 0.3) is 0 Å². The average molecular weight is 353 g/mol. The summed E-state index contributed by atoms with van der Waals surface area (Å²) in [5, 5.41) is 0. The Morgan fingerprint density at radius 1 is 1.27 bits per heavy atom. The van der Waals surface area contributed by atoms with Crippen molar-refractivity contribution in [1.82, 2.24) is 9.88 Å². The van der Waals surface area contributed by atoms with Gasteiger partial charge in [-0.3, -0.25) is 14.6 Å². The highest BCUT2D eigenvalue weighted by atomic mass is 16.5. The fourth-order valence-corrected chi connectivity index (χ4v) is 3.23. The smallest absolute Gasteiger partial charge is 0.239 e. The SMILES string of the molecule is CC(C(N)=O)N1CCC(C)(c2ccc(OCc3ccncc3)cc2)C1=O. The maximum absolute atomic E-state index is 12.9. The molecule has 1 aliphatic rings. The van der Waals surface area contributed by atoms with Crippen molar-refractivity contribution >= 4 is 11.8 Å². The molecule has 2 amide bonds. The van der Waals surface area contributed by atoms with Crippen LogP contribution in [-0.4, -0.2) is 34.3 Å². The van der Waals surface area contributed by atoms with Crippen LogP contribution in [0.4, 0.5) is 0 Å². The molecule has 6 heteroatoms. The number of pyridine rings is 1. The number of rotatable bonds is 6. The van der Waals surface area contributed by atoms with E-state index in [1.165, 1.54) is 0 Å². The van der Waals surface area contributed by atoms with E-state index < -0.39 is 17.4 Å². The van der Waals surface area contributed by atoms with Crippen molar-refractivity contribution in [3.63, 3.8) is 0 Å². The fraction of sp³-hybridized carbons (Fsp3) is 0.350. The van der Waals surface area contributed by atoms with Gasteiger partial charge in [0.15, 0.2) is 0 Å².